The molecule has 2 rings (SSSR count). The van der Waals surface area contributed by atoms with Gasteiger partial charge in [-0.1, -0.05) is 25.7 Å². The van der Waals surface area contributed by atoms with E-state index in [2.05, 4.69) is 21.4 Å². The van der Waals surface area contributed by atoms with E-state index in [1.807, 2.05) is 0 Å². The number of nitriles is 1. The van der Waals surface area contributed by atoms with E-state index in [4.69, 9.17) is 0 Å². The van der Waals surface area contributed by atoms with Crippen LogP contribution in [-0.2, 0) is 4.79 Å². The molecule has 0 aliphatic heterocycles. The summed E-state index contributed by atoms with van der Waals surface area (Å²) in [7, 11) is 0. The van der Waals surface area contributed by atoms with Gasteiger partial charge in [0, 0.05) is 0 Å². The Morgan fingerprint density at radius 3 is 2.39 bits per heavy atom. The minimum atomic E-state index is -0.883. The minimum absolute atomic E-state index is 0.221. The molecule has 18 heavy (non-hydrogen) atoms. The summed E-state index contributed by atoms with van der Waals surface area (Å²) in [6.45, 7) is 0. The van der Waals surface area contributed by atoms with Gasteiger partial charge in [0.1, 0.15) is 11.7 Å². The van der Waals surface area contributed by atoms with Gasteiger partial charge in [0.2, 0.25) is 5.91 Å². The Morgan fingerprint density at radius 1 is 1.22 bits per heavy atom. The molecule has 1 N–H and O–H groups in total. The van der Waals surface area contributed by atoms with E-state index in [-0.39, 0.29) is 5.91 Å². The van der Waals surface area contributed by atoms with Crippen molar-refractivity contribution in [1.82, 2.24) is 9.97 Å². The zero-order valence-corrected chi connectivity index (χ0v) is 10.2. The maximum Gasteiger partial charge on any atom is 0.244 e. The van der Waals surface area contributed by atoms with Gasteiger partial charge < -0.3 is 5.32 Å². The molecule has 0 radical (unpaired) electrons. The molecular weight excluding hydrogens is 228 g/mol. The number of nitrogens with zero attached hydrogens (tertiary/aromatic N) is 3. The Balaban J connectivity index is 2.12. The first-order chi connectivity index (χ1) is 8.77. The molecule has 0 aromatic carbocycles. The third-order valence-corrected chi connectivity index (χ3v) is 3.42. The van der Waals surface area contributed by atoms with Gasteiger partial charge >= 0.3 is 0 Å². The highest BCUT2D eigenvalue weighted by molar-refractivity contribution is 5.96. The van der Waals surface area contributed by atoms with Gasteiger partial charge in [-0.15, -0.1) is 0 Å². The van der Waals surface area contributed by atoms with Crippen LogP contribution in [0.15, 0.2) is 18.7 Å². The first kappa shape index (κ1) is 12.5. The van der Waals surface area contributed by atoms with Crippen LogP contribution in [0.2, 0.25) is 0 Å². The quantitative estimate of drug-likeness (QED) is 0.809. The van der Waals surface area contributed by atoms with Gasteiger partial charge in [-0.25, -0.2) is 9.97 Å². The third kappa shape index (κ3) is 2.65. The second kappa shape index (κ2) is 5.58. The van der Waals surface area contributed by atoms with Crippen LogP contribution >= 0.6 is 0 Å². The first-order valence-corrected chi connectivity index (χ1v) is 6.24. The lowest BCUT2D eigenvalue weighted by Crippen LogP contribution is -2.34. The molecule has 1 amide bonds. The summed E-state index contributed by atoms with van der Waals surface area (Å²) in [5, 5.41) is 12.1. The van der Waals surface area contributed by atoms with Crippen LogP contribution in [0.25, 0.3) is 0 Å². The molecule has 5 heteroatoms. The number of carbonyl (C=O) groups excluding carboxylic acids is 1. The van der Waals surface area contributed by atoms with Gasteiger partial charge in [0.25, 0.3) is 0 Å². The van der Waals surface area contributed by atoms with Crippen molar-refractivity contribution >= 4 is 11.6 Å². The van der Waals surface area contributed by atoms with Crippen LogP contribution < -0.4 is 5.32 Å². The normalized spacial score (nSPS) is 18.4. The van der Waals surface area contributed by atoms with Crippen LogP contribution in [0, 0.1) is 16.7 Å². The number of amides is 1. The lowest BCUT2D eigenvalue weighted by molar-refractivity contribution is -0.123. The first-order valence-electron chi connectivity index (χ1n) is 6.24. The fourth-order valence-electron chi connectivity index (χ4n) is 2.34. The van der Waals surface area contributed by atoms with Gasteiger partial charge in [0.05, 0.1) is 24.2 Å². The highest BCUT2D eigenvalue weighted by Crippen LogP contribution is 2.35. The summed E-state index contributed by atoms with van der Waals surface area (Å²) < 4.78 is 0. The Morgan fingerprint density at radius 2 is 1.83 bits per heavy atom. The maximum absolute atomic E-state index is 12.3. The lowest BCUT2D eigenvalue weighted by atomic mass is 9.81. The number of aromatic nitrogens is 2. The Labute approximate surface area is 106 Å². The minimum Gasteiger partial charge on any atom is -0.322 e. The lowest BCUT2D eigenvalue weighted by Gasteiger charge is -2.23. The molecule has 0 saturated heterocycles. The monoisotopic (exact) mass is 244 g/mol. The molecule has 94 valence electrons. The van der Waals surface area contributed by atoms with Crippen molar-refractivity contribution in [3.63, 3.8) is 0 Å². The molecule has 1 heterocycles. The fraction of sp³-hybridized carbons (Fsp3) is 0.538. The van der Waals surface area contributed by atoms with Crippen LogP contribution in [-0.4, -0.2) is 15.9 Å². The van der Waals surface area contributed by atoms with E-state index in [1.54, 1.807) is 0 Å². The van der Waals surface area contributed by atoms with Crippen LogP contribution in [0.1, 0.15) is 38.5 Å². The predicted octanol–water partition coefficient (Wildman–Crippen LogP) is 2.28. The zero-order valence-electron chi connectivity index (χ0n) is 10.2. The van der Waals surface area contributed by atoms with E-state index < -0.39 is 5.41 Å². The molecule has 0 bridgehead atoms. The molecule has 5 nitrogen and oxygen atoms in total. The summed E-state index contributed by atoms with van der Waals surface area (Å²) in [5.74, 6) is -0.221. The number of hydrogen-bond acceptors (Lipinski definition) is 4. The summed E-state index contributed by atoms with van der Waals surface area (Å²) in [5.41, 5.74) is -0.340. The van der Waals surface area contributed by atoms with Crippen molar-refractivity contribution in [2.45, 2.75) is 38.5 Å². The molecule has 1 aromatic heterocycles. The van der Waals surface area contributed by atoms with Gasteiger partial charge in [-0.05, 0) is 12.8 Å². The van der Waals surface area contributed by atoms with Crippen molar-refractivity contribution < 1.29 is 4.79 Å². The molecule has 0 spiro atoms. The number of anilines is 1. The van der Waals surface area contributed by atoms with E-state index in [1.165, 1.54) is 18.7 Å². The Hall–Kier alpha value is -1.96. The van der Waals surface area contributed by atoms with Crippen LogP contribution in [0.3, 0.4) is 0 Å². The molecular formula is C13H16N4O. The highest BCUT2D eigenvalue weighted by atomic mass is 16.2. The summed E-state index contributed by atoms with van der Waals surface area (Å²) in [6.07, 6.45) is 9.83. The molecule has 0 unspecified atom stereocenters. The number of hydrogen-bond donors (Lipinski definition) is 1. The molecule has 0 atom stereocenters. The highest BCUT2D eigenvalue weighted by Gasteiger charge is 2.38. The Bertz CT molecular complexity index is 444. The topological polar surface area (TPSA) is 78.7 Å². The van der Waals surface area contributed by atoms with Crippen molar-refractivity contribution in [2.75, 3.05) is 5.32 Å². The van der Waals surface area contributed by atoms with Crippen LogP contribution in [0.4, 0.5) is 5.69 Å². The molecule has 1 aliphatic carbocycles. The number of rotatable bonds is 2. The molecule has 1 fully saturated rings. The van der Waals surface area contributed by atoms with Gasteiger partial charge in [-0.3, -0.25) is 4.79 Å². The maximum atomic E-state index is 12.3. The van der Waals surface area contributed by atoms with Gasteiger partial charge in [0.15, 0.2) is 0 Å². The zero-order chi connectivity index (χ0) is 12.8. The van der Waals surface area contributed by atoms with E-state index in [9.17, 15) is 10.1 Å². The number of nitrogens with one attached hydrogen (secondary N) is 1. The standard InChI is InChI=1S/C13H16N4O/c14-9-13(5-3-1-2-4-6-13)12(18)17-11-7-15-10-16-8-11/h7-8,10H,1-6H2,(H,17,18). The average molecular weight is 244 g/mol. The Kier molecular flexibility index (Phi) is 3.88. The van der Waals surface area contributed by atoms with Crippen molar-refractivity contribution in [1.29, 1.82) is 5.26 Å². The fourth-order valence-corrected chi connectivity index (χ4v) is 2.34. The van der Waals surface area contributed by atoms with Crippen LogP contribution in [0.5, 0.6) is 0 Å². The largest absolute Gasteiger partial charge is 0.322 e. The second-order valence-corrected chi connectivity index (χ2v) is 4.69. The van der Waals surface area contributed by atoms with Crippen molar-refractivity contribution in [3.8, 4) is 6.07 Å². The predicted molar refractivity (Wildman–Crippen MR) is 66.4 cm³/mol. The smallest absolute Gasteiger partial charge is 0.244 e. The molecule has 1 aromatic rings. The van der Waals surface area contributed by atoms with Gasteiger partial charge in [-0.2, -0.15) is 5.26 Å². The average Bonchev–Trinajstić information content (AvgIpc) is 2.66. The summed E-state index contributed by atoms with van der Waals surface area (Å²) in [4.78, 5) is 20.0. The third-order valence-electron chi connectivity index (χ3n) is 3.42. The van der Waals surface area contributed by atoms with E-state index in [0.29, 0.717) is 18.5 Å². The van der Waals surface area contributed by atoms with Crippen molar-refractivity contribution in [3.05, 3.63) is 18.7 Å². The molecule has 1 saturated carbocycles. The van der Waals surface area contributed by atoms with E-state index in [0.717, 1.165) is 25.7 Å². The SMILES string of the molecule is N#CC1(C(=O)Nc2cncnc2)CCCCCC1. The molecule has 1 aliphatic rings. The van der Waals surface area contributed by atoms with Crippen molar-refractivity contribution in [2.24, 2.45) is 5.41 Å². The number of carbonyl (C=O) groups is 1. The second-order valence-electron chi connectivity index (χ2n) is 4.69. The summed E-state index contributed by atoms with van der Waals surface area (Å²) in [6, 6.07) is 2.22. The van der Waals surface area contributed by atoms with E-state index >= 15 is 0 Å². The summed E-state index contributed by atoms with van der Waals surface area (Å²) >= 11 is 0.